The minimum atomic E-state index is -0.794. The summed E-state index contributed by atoms with van der Waals surface area (Å²) in [6.07, 6.45) is 1.55. The van der Waals surface area contributed by atoms with Crippen molar-refractivity contribution in [1.82, 2.24) is 9.88 Å². The Morgan fingerprint density at radius 1 is 1.47 bits per heavy atom. The maximum absolute atomic E-state index is 12.2. The summed E-state index contributed by atoms with van der Waals surface area (Å²) in [4.78, 5) is 17.8. The lowest BCUT2D eigenvalue weighted by molar-refractivity contribution is 0.0772. The number of pyridine rings is 1. The van der Waals surface area contributed by atoms with Gasteiger partial charge in [0.05, 0.1) is 5.56 Å². The molecule has 0 aromatic carbocycles. The van der Waals surface area contributed by atoms with Gasteiger partial charge in [0.1, 0.15) is 5.82 Å². The molecule has 92 valence electrons. The summed E-state index contributed by atoms with van der Waals surface area (Å²) in [5.41, 5.74) is 6.08. The Morgan fingerprint density at radius 3 is 2.76 bits per heavy atom. The highest BCUT2D eigenvalue weighted by atomic mass is 79.9. The molecular weight excluding hydrogens is 306 g/mol. The number of nitrogens with two attached hydrogens (primary N) is 1. The van der Waals surface area contributed by atoms with E-state index in [1.54, 1.807) is 17.2 Å². The van der Waals surface area contributed by atoms with Crippen LogP contribution in [0, 0.1) is 0 Å². The molecule has 0 atom stereocenters. The van der Waals surface area contributed by atoms with Crippen molar-refractivity contribution in [2.24, 2.45) is 0 Å². The number of carbonyl (C=O) groups is 1. The van der Waals surface area contributed by atoms with Gasteiger partial charge in [0, 0.05) is 46.1 Å². The maximum atomic E-state index is 12.2. The monoisotopic (exact) mass is 317 g/mol. The molecule has 7 heteroatoms. The predicted molar refractivity (Wildman–Crippen MR) is 70.1 cm³/mol. The molecule has 1 amide bonds. The zero-order chi connectivity index (χ0) is 12.4. The molecule has 2 N–H and O–H groups in total. The van der Waals surface area contributed by atoms with Crippen molar-refractivity contribution in [3.05, 3.63) is 22.3 Å². The van der Waals surface area contributed by atoms with E-state index in [4.69, 9.17) is 5.73 Å². The van der Waals surface area contributed by atoms with Crippen LogP contribution < -0.4 is 5.73 Å². The zero-order valence-corrected chi connectivity index (χ0v) is 11.5. The molecule has 5 nitrogen and oxygen atoms in total. The second-order valence-electron chi connectivity index (χ2n) is 3.73. The molecule has 1 fully saturated rings. The number of rotatable bonds is 1. The molecule has 1 aromatic rings. The minimum Gasteiger partial charge on any atom is -0.383 e. The first-order valence-corrected chi connectivity index (χ1v) is 7.41. The third kappa shape index (κ3) is 2.84. The molecule has 1 aliphatic rings. The number of anilines is 1. The van der Waals surface area contributed by atoms with Gasteiger partial charge in [-0.1, -0.05) is 0 Å². The van der Waals surface area contributed by atoms with Crippen LogP contribution in [0.15, 0.2) is 16.7 Å². The van der Waals surface area contributed by atoms with E-state index in [1.807, 2.05) is 0 Å². The second-order valence-corrected chi connectivity index (χ2v) is 6.34. The van der Waals surface area contributed by atoms with E-state index in [9.17, 15) is 9.00 Å². The van der Waals surface area contributed by atoms with Crippen molar-refractivity contribution in [3.8, 4) is 0 Å². The fraction of sp³-hybridized carbons (Fsp3) is 0.400. The fourth-order valence-corrected chi connectivity index (χ4v) is 3.02. The highest BCUT2D eigenvalue weighted by Gasteiger charge is 2.23. The Hall–Kier alpha value is -0.950. The Morgan fingerprint density at radius 2 is 2.12 bits per heavy atom. The first-order chi connectivity index (χ1) is 8.08. The van der Waals surface area contributed by atoms with E-state index in [0.717, 1.165) is 4.47 Å². The van der Waals surface area contributed by atoms with Crippen LogP contribution >= 0.6 is 15.9 Å². The lowest BCUT2D eigenvalue weighted by Crippen LogP contribution is -2.42. The molecule has 1 aliphatic heterocycles. The Labute approximate surface area is 110 Å². The summed E-state index contributed by atoms with van der Waals surface area (Å²) in [5.74, 6) is 1.15. The summed E-state index contributed by atoms with van der Waals surface area (Å²) in [7, 11) is -0.794. The first-order valence-electron chi connectivity index (χ1n) is 5.13. The van der Waals surface area contributed by atoms with Gasteiger partial charge in [0.15, 0.2) is 0 Å². The standard InChI is InChI=1S/C10H12BrN3O2S/c11-7-5-8(9(12)13-6-7)10(15)14-1-3-17(16)4-2-14/h5-6H,1-4H2,(H2,12,13). The fourth-order valence-electron chi connectivity index (χ4n) is 1.63. The largest absolute Gasteiger partial charge is 0.383 e. The van der Waals surface area contributed by atoms with Crippen LogP contribution in [0.4, 0.5) is 5.82 Å². The molecule has 0 saturated carbocycles. The van der Waals surface area contributed by atoms with E-state index in [0.29, 0.717) is 30.2 Å². The third-order valence-electron chi connectivity index (χ3n) is 2.58. The Bertz CT molecular complexity index is 471. The summed E-state index contributed by atoms with van der Waals surface area (Å²) in [5, 5.41) is 0. The molecule has 0 unspecified atom stereocenters. The van der Waals surface area contributed by atoms with E-state index in [2.05, 4.69) is 20.9 Å². The predicted octanol–water partition coefficient (Wildman–Crippen LogP) is 0.631. The highest BCUT2D eigenvalue weighted by molar-refractivity contribution is 9.10. The van der Waals surface area contributed by atoms with E-state index in [-0.39, 0.29) is 11.7 Å². The van der Waals surface area contributed by atoms with Gasteiger partial charge in [-0.05, 0) is 22.0 Å². The molecule has 17 heavy (non-hydrogen) atoms. The molecule has 1 aromatic heterocycles. The van der Waals surface area contributed by atoms with Gasteiger partial charge < -0.3 is 10.6 Å². The number of hydrogen-bond donors (Lipinski definition) is 1. The van der Waals surface area contributed by atoms with Crippen molar-refractivity contribution >= 4 is 38.5 Å². The van der Waals surface area contributed by atoms with Gasteiger partial charge in [0.2, 0.25) is 0 Å². The van der Waals surface area contributed by atoms with Crippen LogP contribution in [0.1, 0.15) is 10.4 Å². The van der Waals surface area contributed by atoms with E-state index >= 15 is 0 Å². The zero-order valence-electron chi connectivity index (χ0n) is 9.06. The van der Waals surface area contributed by atoms with Crippen molar-refractivity contribution in [1.29, 1.82) is 0 Å². The summed E-state index contributed by atoms with van der Waals surface area (Å²) >= 11 is 3.26. The lowest BCUT2D eigenvalue weighted by Gasteiger charge is -2.26. The molecule has 0 aliphatic carbocycles. The quantitative estimate of drug-likeness (QED) is 0.824. The maximum Gasteiger partial charge on any atom is 0.257 e. The van der Waals surface area contributed by atoms with Crippen LogP contribution in [0.5, 0.6) is 0 Å². The first kappa shape index (κ1) is 12.5. The normalized spacial score (nSPS) is 17.1. The van der Waals surface area contributed by atoms with Gasteiger partial charge in [0.25, 0.3) is 5.91 Å². The van der Waals surface area contributed by atoms with E-state index < -0.39 is 10.8 Å². The van der Waals surface area contributed by atoms with E-state index in [1.165, 1.54) is 0 Å². The highest BCUT2D eigenvalue weighted by Crippen LogP contribution is 2.18. The minimum absolute atomic E-state index is 0.145. The average molecular weight is 318 g/mol. The number of nitrogen functional groups attached to an aromatic ring is 1. The smallest absolute Gasteiger partial charge is 0.257 e. The number of amides is 1. The van der Waals surface area contributed by atoms with Crippen LogP contribution in [0.3, 0.4) is 0 Å². The third-order valence-corrected chi connectivity index (χ3v) is 4.29. The molecule has 1 saturated heterocycles. The topological polar surface area (TPSA) is 76.3 Å². The number of halogens is 1. The number of aromatic nitrogens is 1. The van der Waals surface area contributed by atoms with Crippen molar-refractivity contribution in [2.45, 2.75) is 0 Å². The van der Waals surface area contributed by atoms with Crippen molar-refractivity contribution in [2.75, 3.05) is 30.3 Å². The van der Waals surface area contributed by atoms with Gasteiger partial charge in [-0.2, -0.15) is 0 Å². The second kappa shape index (κ2) is 5.14. The van der Waals surface area contributed by atoms with Crippen LogP contribution in [-0.2, 0) is 10.8 Å². The van der Waals surface area contributed by atoms with Gasteiger partial charge in [-0.3, -0.25) is 9.00 Å². The number of hydrogen-bond acceptors (Lipinski definition) is 4. The summed E-state index contributed by atoms with van der Waals surface area (Å²) < 4.78 is 11.9. The SMILES string of the molecule is Nc1ncc(Br)cc1C(=O)N1CCS(=O)CC1. The van der Waals surface area contributed by atoms with Crippen molar-refractivity contribution in [3.63, 3.8) is 0 Å². The molecule has 0 spiro atoms. The van der Waals surface area contributed by atoms with Gasteiger partial charge >= 0.3 is 0 Å². The lowest BCUT2D eigenvalue weighted by atomic mass is 10.2. The molecule has 0 bridgehead atoms. The van der Waals surface area contributed by atoms with Crippen LogP contribution in [0.2, 0.25) is 0 Å². The molecule has 0 radical (unpaired) electrons. The summed E-state index contributed by atoms with van der Waals surface area (Å²) in [6.45, 7) is 1.02. The van der Waals surface area contributed by atoms with Crippen LogP contribution in [0.25, 0.3) is 0 Å². The van der Waals surface area contributed by atoms with Gasteiger partial charge in [-0.15, -0.1) is 0 Å². The molecular formula is C10H12BrN3O2S. The Kier molecular flexibility index (Phi) is 3.78. The number of carbonyl (C=O) groups excluding carboxylic acids is 1. The van der Waals surface area contributed by atoms with Gasteiger partial charge in [-0.25, -0.2) is 4.98 Å². The number of nitrogens with zero attached hydrogens (tertiary/aromatic N) is 2. The molecule has 2 rings (SSSR count). The average Bonchev–Trinajstić information content (AvgIpc) is 2.32. The van der Waals surface area contributed by atoms with Crippen LogP contribution in [-0.4, -0.2) is 44.6 Å². The Balaban J connectivity index is 2.19. The molecule has 2 heterocycles. The van der Waals surface area contributed by atoms with Crippen molar-refractivity contribution < 1.29 is 9.00 Å². The summed E-state index contributed by atoms with van der Waals surface area (Å²) in [6, 6.07) is 1.66.